The van der Waals surface area contributed by atoms with Gasteiger partial charge in [-0.2, -0.15) is 0 Å². The van der Waals surface area contributed by atoms with Crippen LogP contribution >= 0.6 is 0 Å². The molecule has 1 aromatic heterocycles. The molecule has 2 rings (SSSR count). The topological polar surface area (TPSA) is 65.1 Å². The molecule has 1 saturated heterocycles. The average Bonchev–Trinajstić information content (AvgIpc) is 2.88. The molecule has 0 bridgehead atoms. The number of hydrogen-bond acceptors (Lipinski definition) is 4. The van der Waals surface area contributed by atoms with E-state index in [0.29, 0.717) is 11.7 Å². The van der Waals surface area contributed by atoms with Gasteiger partial charge in [0, 0.05) is 38.6 Å². The van der Waals surface area contributed by atoms with Gasteiger partial charge in [-0.1, -0.05) is 27.7 Å². The molecule has 6 nitrogen and oxygen atoms in total. The molecule has 0 spiro atoms. The molecule has 0 radical (unpaired) electrons. The summed E-state index contributed by atoms with van der Waals surface area (Å²) >= 11 is 0. The fourth-order valence-corrected chi connectivity index (χ4v) is 2.42. The van der Waals surface area contributed by atoms with Gasteiger partial charge in [-0.25, -0.2) is 4.98 Å². The van der Waals surface area contributed by atoms with Crippen molar-refractivity contribution in [1.29, 1.82) is 0 Å². The summed E-state index contributed by atoms with van der Waals surface area (Å²) in [5.74, 6) is 1.93. The Morgan fingerprint density at radius 2 is 1.85 bits per heavy atom. The molecule has 1 fully saturated rings. The number of piperazine rings is 1. The van der Waals surface area contributed by atoms with Crippen LogP contribution in [-0.4, -0.2) is 63.6 Å². The molecule has 0 saturated carbocycles. The van der Waals surface area contributed by atoms with Gasteiger partial charge in [0.05, 0.1) is 0 Å². The summed E-state index contributed by atoms with van der Waals surface area (Å²) in [6.07, 6.45) is 0. The number of aromatic amines is 1. The van der Waals surface area contributed by atoms with Crippen LogP contribution < -0.4 is 0 Å². The molecular formula is C14H25N5O. The Morgan fingerprint density at radius 1 is 1.20 bits per heavy atom. The highest BCUT2D eigenvalue weighted by Gasteiger charge is 2.25. The minimum atomic E-state index is -0.0580. The van der Waals surface area contributed by atoms with Crippen molar-refractivity contribution in [3.8, 4) is 0 Å². The first-order chi connectivity index (χ1) is 9.47. The lowest BCUT2D eigenvalue weighted by Crippen LogP contribution is -2.49. The zero-order valence-electron chi connectivity index (χ0n) is 12.9. The van der Waals surface area contributed by atoms with Crippen LogP contribution in [0.15, 0.2) is 0 Å². The lowest BCUT2D eigenvalue weighted by Gasteiger charge is -2.34. The highest BCUT2D eigenvalue weighted by atomic mass is 16.2. The maximum Gasteiger partial charge on any atom is 0.293 e. The maximum absolute atomic E-state index is 12.3. The molecule has 6 heteroatoms. The molecular weight excluding hydrogens is 254 g/mol. The Hall–Kier alpha value is -1.43. The third-order valence-corrected chi connectivity index (χ3v) is 3.52. The van der Waals surface area contributed by atoms with Crippen molar-refractivity contribution in [3.05, 3.63) is 11.6 Å². The molecule has 0 aliphatic carbocycles. The van der Waals surface area contributed by atoms with Crippen LogP contribution in [0.2, 0.25) is 0 Å². The fourth-order valence-electron chi connectivity index (χ4n) is 2.42. The molecule has 1 aromatic rings. The molecule has 1 aliphatic rings. The number of hydrogen-bond donors (Lipinski definition) is 1. The Morgan fingerprint density at radius 3 is 2.35 bits per heavy atom. The second-order valence-electron chi connectivity index (χ2n) is 6.19. The van der Waals surface area contributed by atoms with Crippen molar-refractivity contribution in [2.45, 2.75) is 33.6 Å². The monoisotopic (exact) mass is 279 g/mol. The third-order valence-electron chi connectivity index (χ3n) is 3.52. The minimum Gasteiger partial charge on any atom is -0.333 e. The summed E-state index contributed by atoms with van der Waals surface area (Å²) in [7, 11) is 0. The summed E-state index contributed by atoms with van der Waals surface area (Å²) in [6.45, 7) is 13.0. The molecule has 112 valence electrons. The lowest BCUT2D eigenvalue weighted by molar-refractivity contribution is 0.0612. The largest absolute Gasteiger partial charge is 0.333 e. The van der Waals surface area contributed by atoms with Gasteiger partial charge in [0.15, 0.2) is 0 Å². The first kappa shape index (κ1) is 15.0. The van der Waals surface area contributed by atoms with E-state index in [1.54, 1.807) is 0 Å². The first-order valence-electron chi connectivity index (χ1n) is 7.41. The second-order valence-corrected chi connectivity index (χ2v) is 6.19. The summed E-state index contributed by atoms with van der Waals surface area (Å²) in [5, 5.41) is 6.88. The van der Waals surface area contributed by atoms with Crippen molar-refractivity contribution in [3.63, 3.8) is 0 Å². The quantitative estimate of drug-likeness (QED) is 0.903. The number of amides is 1. The van der Waals surface area contributed by atoms with Gasteiger partial charge in [-0.3, -0.25) is 14.8 Å². The van der Waals surface area contributed by atoms with Crippen molar-refractivity contribution < 1.29 is 4.79 Å². The van der Waals surface area contributed by atoms with E-state index in [1.165, 1.54) is 0 Å². The maximum atomic E-state index is 12.3. The highest BCUT2D eigenvalue weighted by molar-refractivity contribution is 5.90. The van der Waals surface area contributed by atoms with E-state index in [2.05, 4.69) is 33.9 Å². The van der Waals surface area contributed by atoms with Crippen molar-refractivity contribution in [2.24, 2.45) is 5.92 Å². The molecule has 20 heavy (non-hydrogen) atoms. The van der Waals surface area contributed by atoms with E-state index < -0.39 is 0 Å². The number of nitrogens with zero attached hydrogens (tertiary/aromatic N) is 4. The predicted molar refractivity (Wildman–Crippen MR) is 77.7 cm³/mol. The van der Waals surface area contributed by atoms with Gasteiger partial charge in [-0.15, -0.1) is 5.10 Å². The Labute approximate surface area is 120 Å². The summed E-state index contributed by atoms with van der Waals surface area (Å²) in [5.41, 5.74) is 0. The number of H-pyrrole nitrogens is 1. The van der Waals surface area contributed by atoms with E-state index in [9.17, 15) is 4.79 Å². The van der Waals surface area contributed by atoms with Crippen LogP contribution in [0.3, 0.4) is 0 Å². The Bertz CT molecular complexity index is 446. The smallest absolute Gasteiger partial charge is 0.293 e. The van der Waals surface area contributed by atoms with Crippen LogP contribution in [-0.2, 0) is 0 Å². The van der Waals surface area contributed by atoms with E-state index in [-0.39, 0.29) is 11.8 Å². The first-order valence-corrected chi connectivity index (χ1v) is 7.41. The van der Waals surface area contributed by atoms with Gasteiger partial charge in [0.1, 0.15) is 5.82 Å². The SMILES string of the molecule is CC(C)CN1CCN(C(=O)c2n[nH]c(C(C)C)n2)CC1. The zero-order valence-corrected chi connectivity index (χ0v) is 12.9. The number of rotatable bonds is 4. The lowest BCUT2D eigenvalue weighted by atomic mass is 10.2. The van der Waals surface area contributed by atoms with E-state index in [4.69, 9.17) is 0 Å². The zero-order chi connectivity index (χ0) is 14.7. The molecule has 1 N–H and O–H groups in total. The van der Waals surface area contributed by atoms with Crippen LogP contribution in [0.25, 0.3) is 0 Å². The Kier molecular flexibility index (Phi) is 4.75. The van der Waals surface area contributed by atoms with E-state index >= 15 is 0 Å². The van der Waals surface area contributed by atoms with Gasteiger partial charge >= 0.3 is 0 Å². The van der Waals surface area contributed by atoms with E-state index in [0.717, 1.165) is 38.5 Å². The second kappa shape index (κ2) is 6.35. The Balaban J connectivity index is 1.91. The minimum absolute atomic E-state index is 0.0580. The van der Waals surface area contributed by atoms with Gasteiger partial charge in [0.2, 0.25) is 5.82 Å². The average molecular weight is 279 g/mol. The number of aromatic nitrogens is 3. The standard InChI is InChI=1S/C14H25N5O/c1-10(2)9-18-5-7-19(8-6-18)14(20)13-15-12(11(3)4)16-17-13/h10-11H,5-9H2,1-4H3,(H,15,16,17). The summed E-state index contributed by atoms with van der Waals surface area (Å²) in [4.78, 5) is 20.9. The highest BCUT2D eigenvalue weighted by Crippen LogP contribution is 2.11. The predicted octanol–water partition coefficient (Wildman–Crippen LogP) is 1.34. The van der Waals surface area contributed by atoms with E-state index in [1.807, 2.05) is 18.7 Å². The molecule has 0 atom stereocenters. The number of nitrogens with one attached hydrogen (secondary N) is 1. The number of carbonyl (C=O) groups is 1. The van der Waals surface area contributed by atoms with Crippen LogP contribution in [0.1, 0.15) is 50.1 Å². The molecule has 0 unspecified atom stereocenters. The molecule has 1 aliphatic heterocycles. The normalized spacial score (nSPS) is 17.2. The van der Waals surface area contributed by atoms with Crippen molar-refractivity contribution in [2.75, 3.05) is 32.7 Å². The number of carbonyl (C=O) groups excluding carboxylic acids is 1. The van der Waals surface area contributed by atoms with Gasteiger partial charge in [0.25, 0.3) is 5.91 Å². The van der Waals surface area contributed by atoms with Crippen LogP contribution in [0.4, 0.5) is 0 Å². The van der Waals surface area contributed by atoms with Gasteiger partial charge in [-0.05, 0) is 5.92 Å². The van der Waals surface area contributed by atoms with Crippen LogP contribution in [0.5, 0.6) is 0 Å². The third kappa shape index (κ3) is 3.56. The van der Waals surface area contributed by atoms with Crippen molar-refractivity contribution >= 4 is 5.91 Å². The summed E-state index contributed by atoms with van der Waals surface area (Å²) in [6, 6.07) is 0. The molecule has 0 aromatic carbocycles. The van der Waals surface area contributed by atoms with Crippen LogP contribution in [0, 0.1) is 5.92 Å². The summed E-state index contributed by atoms with van der Waals surface area (Å²) < 4.78 is 0. The fraction of sp³-hybridized carbons (Fsp3) is 0.786. The molecule has 1 amide bonds. The van der Waals surface area contributed by atoms with Crippen molar-refractivity contribution in [1.82, 2.24) is 25.0 Å². The molecule has 2 heterocycles. The van der Waals surface area contributed by atoms with Gasteiger partial charge < -0.3 is 4.90 Å².